The quantitative estimate of drug-likeness (QED) is 0.497. The molecule has 0 fully saturated rings. The molecule has 1 rings (SSSR count). The van der Waals surface area contributed by atoms with E-state index in [1.807, 2.05) is 0 Å². The lowest BCUT2D eigenvalue weighted by Gasteiger charge is -2.11. The molecule has 0 spiro atoms. The largest absolute Gasteiger partial charge is 0.417 e. The molecule has 1 aromatic rings. The van der Waals surface area contributed by atoms with Crippen molar-refractivity contribution in [2.45, 2.75) is 6.18 Å². The zero-order valence-electron chi connectivity index (χ0n) is 8.84. The Morgan fingerprint density at radius 2 is 2.00 bits per heavy atom. The Morgan fingerprint density at radius 1 is 1.35 bits per heavy atom. The standard InChI is InChI=1S/C12H10F3NO/c1-2-7-16-8-11(17)9-5-3-4-6-10(9)12(13,14)15/h1,3-6,16H,7-8H2. The minimum Gasteiger partial charge on any atom is -0.299 e. The Bertz CT molecular complexity index is 446. The Morgan fingerprint density at radius 3 is 2.59 bits per heavy atom. The number of halogens is 3. The van der Waals surface area contributed by atoms with Gasteiger partial charge in [-0.2, -0.15) is 13.2 Å². The van der Waals surface area contributed by atoms with E-state index in [2.05, 4.69) is 11.2 Å². The molecule has 0 saturated heterocycles. The molecule has 90 valence electrons. The Labute approximate surface area is 96.8 Å². The summed E-state index contributed by atoms with van der Waals surface area (Å²) in [4.78, 5) is 11.6. The third-order valence-corrected chi connectivity index (χ3v) is 2.05. The summed E-state index contributed by atoms with van der Waals surface area (Å²) >= 11 is 0. The van der Waals surface area contributed by atoms with Crippen molar-refractivity contribution >= 4 is 5.78 Å². The van der Waals surface area contributed by atoms with Crippen LogP contribution in [0.2, 0.25) is 0 Å². The lowest BCUT2D eigenvalue weighted by atomic mass is 10.0. The molecule has 0 bridgehead atoms. The summed E-state index contributed by atoms with van der Waals surface area (Å²) in [5, 5.41) is 2.56. The molecule has 0 aromatic heterocycles. The first-order chi connectivity index (χ1) is 7.96. The highest BCUT2D eigenvalue weighted by Gasteiger charge is 2.34. The van der Waals surface area contributed by atoms with Crippen LogP contribution in [-0.2, 0) is 6.18 Å². The highest BCUT2D eigenvalue weighted by molar-refractivity contribution is 5.99. The second-order valence-electron chi connectivity index (χ2n) is 3.27. The molecule has 5 heteroatoms. The first-order valence-electron chi connectivity index (χ1n) is 4.80. The van der Waals surface area contributed by atoms with E-state index in [1.165, 1.54) is 12.1 Å². The average Bonchev–Trinajstić information content (AvgIpc) is 2.28. The average molecular weight is 241 g/mol. The molecule has 0 aliphatic heterocycles. The van der Waals surface area contributed by atoms with E-state index in [-0.39, 0.29) is 18.7 Å². The number of carbonyl (C=O) groups is 1. The fraction of sp³-hybridized carbons (Fsp3) is 0.250. The number of benzene rings is 1. The third-order valence-electron chi connectivity index (χ3n) is 2.05. The first-order valence-corrected chi connectivity index (χ1v) is 4.80. The van der Waals surface area contributed by atoms with Crippen LogP contribution in [0.3, 0.4) is 0 Å². The van der Waals surface area contributed by atoms with Gasteiger partial charge in [-0.1, -0.05) is 24.1 Å². The molecule has 0 atom stereocenters. The minimum absolute atomic E-state index is 0.139. The van der Waals surface area contributed by atoms with E-state index in [1.54, 1.807) is 0 Å². The predicted octanol–water partition coefficient (Wildman–Crippen LogP) is 2.11. The molecule has 0 aliphatic rings. The van der Waals surface area contributed by atoms with Crippen molar-refractivity contribution < 1.29 is 18.0 Å². The van der Waals surface area contributed by atoms with Crippen LogP contribution in [0, 0.1) is 12.3 Å². The molecule has 0 saturated carbocycles. The number of hydrogen-bond donors (Lipinski definition) is 1. The van der Waals surface area contributed by atoms with Crippen molar-refractivity contribution in [1.29, 1.82) is 0 Å². The van der Waals surface area contributed by atoms with Crippen LogP contribution >= 0.6 is 0 Å². The van der Waals surface area contributed by atoms with Crippen molar-refractivity contribution in [2.75, 3.05) is 13.1 Å². The zero-order chi connectivity index (χ0) is 12.9. The molecule has 0 aliphatic carbocycles. The number of Topliss-reactive ketones (excluding diaryl/α,β-unsaturated/α-hetero) is 1. The molecule has 1 N–H and O–H groups in total. The van der Waals surface area contributed by atoms with E-state index >= 15 is 0 Å². The van der Waals surface area contributed by atoms with Gasteiger partial charge in [0.2, 0.25) is 0 Å². The number of alkyl halides is 3. The molecule has 0 radical (unpaired) electrons. The van der Waals surface area contributed by atoms with E-state index < -0.39 is 17.5 Å². The van der Waals surface area contributed by atoms with Gasteiger partial charge >= 0.3 is 6.18 Å². The highest BCUT2D eigenvalue weighted by atomic mass is 19.4. The van der Waals surface area contributed by atoms with Gasteiger partial charge in [-0.25, -0.2) is 0 Å². The number of rotatable bonds is 4. The van der Waals surface area contributed by atoms with Gasteiger partial charge in [0, 0.05) is 5.56 Å². The Hall–Kier alpha value is -1.80. The molecular formula is C12H10F3NO. The molecule has 0 amide bonds. The van der Waals surface area contributed by atoms with E-state index in [9.17, 15) is 18.0 Å². The number of hydrogen-bond acceptors (Lipinski definition) is 2. The SMILES string of the molecule is C#CCNCC(=O)c1ccccc1C(F)(F)F. The summed E-state index contributed by atoms with van der Waals surface area (Å²) in [7, 11) is 0. The summed E-state index contributed by atoms with van der Waals surface area (Å²) in [5.41, 5.74) is -1.27. The lowest BCUT2D eigenvalue weighted by molar-refractivity contribution is -0.137. The van der Waals surface area contributed by atoms with Gasteiger partial charge in [0.1, 0.15) is 0 Å². The van der Waals surface area contributed by atoms with Crippen LogP contribution in [0.4, 0.5) is 13.2 Å². The molecule has 1 aromatic carbocycles. The van der Waals surface area contributed by atoms with Crippen molar-refractivity contribution in [3.8, 4) is 12.3 Å². The van der Waals surface area contributed by atoms with Crippen LogP contribution in [0.5, 0.6) is 0 Å². The van der Waals surface area contributed by atoms with Gasteiger partial charge in [-0.15, -0.1) is 6.42 Å². The smallest absolute Gasteiger partial charge is 0.299 e. The minimum atomic E-state index is -4.53. The van der Waals surface area contributed by atoms with Crippen molar-refractivity contribution in [1.82, 2.24) is 5.32 Å². The summed E-state index contributed by atoms with van der Waals surface area (Å²) in [6, 6.07) is 4.68. The van der Waals surface area contributed by atoms with E-state index in [4.69, 9.17) is 6.42 Å². The molecular weight excluding hydrogens is 231 g/mol. The topological polar surface area (TPSA) is 29.1 Å². The second kappa shape index (κ2) is 5.51. The molecule has 2 nitrogen and oxygen atoms in total. The molecule has 0 heterocycles. The summed E-state index contributed by atoms with van der Waals surface area (Å²) < 4.78 is 37.8. The maximum absolute atomic E-state index is 12.6. The number of nitrogens with one attached hydrogen (secondary N) is 1. The second-order valence-corrected chi connectivity index (χ2v) is 3.27. The van der Waals surface area contributed by atoms with Crippen LogP contribution in [0.15, 0.2) is 24.3 Å². The summed E-state index contributed by atoms with van der Waals surface area (Å²) in [6.07, 6.45) is 0.419. The highest BCUT2D eigenvalue weighted by Crippen LogP contribution is 2.31. The van der Waals surface area contributed by atoms with Gasteiger partial charge in [-0.05, 0) is 6.07 Å². The first kappa shape index (κ1) is 13.3. The van der Waals surface area contributed by atoms with E-state index in [0.29, 0.717) is 0 Å². The van der Waals surface area contributed by atoms with Crippen molar-refractivity contribution in [3.05, 3.63) is 35.4 Å². The number of terminal acetylenes is 1. The fourth-order valence-corrected chi connectivity index (χ4v) is 1.32. The van der Waals surface area contributed by atoms with Crippen molar-refractivity contribution in [2.24, 2.45) is 0 Å². The van der Waals surface area contributed by atoms with Gasteiger partial charge in [0.25, 0.3) is 0 Å². The van der Waals surface area contributed by atoms with Crippen LogP contribution in [-0.4, -0.2) is 18.9 Å². The molecule has 17 heavy (non-hydrogen) atoms. The lowest BCUT2D eigenvalue weighted by Crippen LogP contribution is -2.25. The maximum atomic E-state index is 12.6. The van der Waals surface area contributed by atoms with Gasteiger partial charge in [0.15, 0.2) is 5.78 Å². The summed E-state index contributed by atoms with van der Waals surface area (Å²) in [6.45, 7) is -0.0722. The summed E-state index contributed by atoms with van der Waals surface area (Å²) in [5.74, 6) is 1.60. The normalized spacial score (nSPS) is 10.9. The monoisotopic (exact) mass is 241 g/mol. The zero-order valence-corrected chi connectivity index (χ0v) is 8.84. The predicted molar refractivity (Wildman–Crippen MR) is 57.5 cm³/mol. The van der Waals surface area contributed by atoms with Gasteiger partial charge in [-0.3, -0.25) is 10.1 Å². The van der Waals surface area contributed by atoms with Crippen molar-refractivity contribution in [3.63, 3.8) is 0 Å². The molecule has 0 unspecified atom stereocenters. The Balaban J connectivity index is 2.91. The maximum Gasteiger partial charge on any atom is 0.417 e. The third kappa shape index (κ3) is 3.61. The fourth-order valence-electron chi connectivity index (χ4n) is 1.32. The number of ketones is 1. The van der Waals surface area contributed by atoms with Gasteiger partial charge in [0.05, 0.1) is 18.7 Å². The van der Waals surface area contributed by atoms with Crippen LogP contribution < -0.4 is 5.32 Å². The van der Waals surface area contributed by atoms with Crippen LogP contribution in [0.25, 0.3) is 0 Å². The van der Waals surface area contributed by atoms with Gasteiger partial charge < -0.3 is 0 Å². The van der Waals surface area contributed by atoms with E-state index in [0.717, 1.165) is 12.1 Å². The van der Waals surface area contributed by atoms with Crippen LogP contribution in [0.1, 0.15) is 15.9 Å². The number of carbonyl (C=O) groups excluding carboxylic acids is 1. The Kier molecular flexibility index (Phi) is 4.30.